The van der Waals surface area contributed by atoms with Crippen molar-refractivity contribution in [3.8, 4) is 10.6 Å². The van der Waals surface area contributed by atoms with Crippen LogP contribution in [0.5, 0.6) is 0 Å². The van der Waals surface area contributed by atoms with Gasteiger partial charge in [-0.15, -0.1) is 6.20 Å². The van der Waals surface area contributed by atoms with Crippen LogP contribution in [0, 0.1) is 12.3 Å². The van der Waals surface area contributed by atoms with Gasteiger partial charge in [-0.2, -0.15) is 35.9 Å². The first kappa shape index (κ1) is 17.1. The Kier molecular flexibility index (Phi) is 8.75. The predicted octanol–water partition coefficient (Wildman–Crippen LogP) is 3.53. The van der Waals surface area contributed by atoms with E-state index in [1.807, 2.05) is 24.3 Å². The van der Waals surface area contributed by atoms with E-state index in [1.165, 1.54) is 4.88 Å². The van der Waals surface area contributed by atoms with Gasteiger partial charge in [-0.3, -0.25) is 0 Å². The third-order valence-electron chi connectivity index (χ3n) is 1.96. The number of rotatable bonds is 2. The molecule has 4 heteroatoms. The number of hydrogen-bond acceptors (Lipinski definition) is 2. The van der Waals surface area contributed by atoms with Crippen LogP contribution in [0.3, 0.4) is 0 Å². The van der Waals surface area contributed by atoms with Crippen LogP contribution in [0.25, 0.3) is 10.6 Å². The van der Waals surface area contributed by atoms with E-state index in [9.17, 15) is 0 Å². The van der Waals surface area contributed by atoms with Crippen molar-refractivity contribution >= 4 is 11.3 Å². The van der Waals surface area contributed by atoms with Crippen molar-refractivity contribution in [2.45, 2.75) is 19.8 Å². The monoisotopic (exact) mass is 379 g/mol. The molecule has 0 fully saturated rings. The van der Waals surface area contributed by atoms with Crippen molar-refractivity contribution in [1.29, 1.82) is 0 Å². The quantitative estimate of drug-likeness (QED) is 0.728. The molecule has 1 aromatic heterocycles. The fourth-order valence-corrected chi connectivity index (χ4v) is 2.04. The summed E-state index contributed by atoms with van der Waals surface area (Å²) < 4.78 is 0. The van der Waals surface area contributed by atoms with Gasteiger partial charge in [-0.1, -0.05) is 23.7 Å². The summed E-state index contributed by atoms with van der Waals surface area (Å²) in [5, 5.41) is 1.04. The van der Waals surface area contributed by atoms with E-state index in [0.717, 1.165) is 10.6 Å². The van der Waals surface area contributed by atoms with E-state index in [1.54, 1.807) is 11.3 Å². The van der Waals surface area contributed by atoms with Crippen LogP contribution in [0.4, 0.5) is 0 Å². The molecular formula is C12H11NSY2-2. The SMILES string of the molecule is CC(C)c1[c-]nc(-c2cc[c-]cc2)s1.[Y].[Y]. The van der Waals surface area contributed by atoms with E-state index in [-0.39, 0.29) is 65.4 Å². The van der Waals surface area contributed by atoms with Gasteiger partial charge in [0.05, 0.1) is 0 Å². The Hall–Kier alpha value is 1.06. The molecule has 16 heavy (non-hydrogen) atoms. The van der Waals surface area contributed by atoms with Crippen molar-refractivity contribution in [3.63, 3.8) is 0 Å². The Morgan fingerprint density at radius 1 is 1.19 bits per heavy atom. The second kappa shape index (κ2) is 8.21. The summed E-state index contributed by atoms with van der Waals surface area (Å²) in [5.74, 6) is 0.511. The molecule has 0 atom stereocenters. The third-order valence-corrected chi connectivity index (χ3v) is 3.27. The Morgan fingerprint density at radius 3 is 2.31 bits per heavy atom. The molecule has 0 saturated heterocycles. The minimum Gasteiger partial charge on any atom is -0.443 e. The maximum atomic E-state index is 4.29. The van der Waals surface area contributed by atoms with Crippen LogP contribution in [0.2, 0.25) is 0 Å². The molecule has 78 valence electrons. The molecule has 0 aliphatic carbocycles. The molecule has 0 saturated carbocycles. The van der Waals surface area contributed by atoms with Gasteiger partial charge in [0.25, 0.3) is 0 Å². The van der Waals surface area contributed by atoms with Crippen molar-refractivity contribution in [2.24, 2.45) is 0 Å². The fourth-order valence-electron chi connectivity index (χ4n) is 1.16. The summed E-state index contributed by atoms with van der Waals surface area (Å²) in [6.07, 6.45) is 3.06. The molecule has 1 nitrogen and oxygen atoms in total. The first-order valence-corrected chi connectivity index (χ1v) is 5.44. The number of hydrogen-bond donors (Lipinski definition) is 0. The maximum Gasteiger partial charge on any atom is 0 e. The zero-order chi connectivity index (χ0) is 9.97. The van der Waals surface area contributed by atoms with Crippen molar-refractivity contribution < 1.29 is 65.4 Å². The van der Waals surface area contributed by atoms with Crippen LogP contribution >= 0.6 is 11.3 Å². The van der Waals surface area contributed by atoms with Crippen LogP contribution in [0.1, 0.15) is 24.6 Å². The Morgan fingerprint density at radius 2 is 1.81 bits per heavy atom. The molecule has 1 heterocycles. The van der Waals surface area contributed by atoms with Gasteiger partial charge in [0.1, 0.15) is 0 Å². The van der Waals surface area contributed by atoms with Crippen LogP contribution in [-0.4, -0.2) is 4.98 Å². The number of aromatic nitrogens is 1. The first-order valence-electron chi connectivity index (χ1n) is 4.62. The van der Waals surface area contributed by atoms with Crippen LogP contribution in [-0.2, 0) is 65.4 Å². The Bertz CT molecular complexity index is 412. The average Bonchev–Trinajstić information content (AvgIpc) is 2.68. The predicted molar refractivity (Wildman–Crippen MR) is 59.3 cm³/mol. The van der Waals surface area contributed by atoms with E-state index in [4.69, 9.17) is 0 Å². The standard InChI is InChI=1S/C12H11NS.2Y/c1-9(2)11-8-13-12(14-11)10-6-4-3-5-7-10;;/h4-7,9H,1-2H3;;/q-2;;. The Labute approximate surface area is 151 Å². The number of benzene rings is 1. The van der Waals surface area contributed by atoms with E-state index >= 15 is 0 Å². The normalized spacial score (nSPS) is 9.44. The molecule has 2 aromatic rings. The molecule has 0 bridgehead atoms. The molecule has 0 aliphatic rings. The number of nitrogens with zero attached hydrogens (tertiary/aromatic N) is 1. The van der Waals surface area contributed by atoms with Crippen LogP contribution < -0.4 is 0 Å². The first-order chi connectivity index (χ1) is 6.77. The average molecular weight is 379 g/mol. The molecule has 0 N–H and O–H groups in total. The summed E-state index contributed by atoms with van der Waals surface area (Å²) in [4.78, 5) is 5.50. The largest absolute Gasteiger partial charge is 0.443 e. The van der Waals surface area contributed by atoms with Gasteiger partial charge >= 0.3 is 0 Å². The molecule has 0 amide bonds. The number of thiazole rings is 1. The van der Waals surface area contributed by atoms with Gasteiger partial charge < -0.3 is 4.98 Å². The summed E-state index contributed by atoms with van der Waals surface area (Å²) >= 11 is 1.71. The van der Waals surface area contributed by atoms with Gasteiger partial charge in [-0.25, -0.2) is 11.3 Å². The van der Waals surface area contributed by atoms with E-state index in [0.29, 0.717) is 5.92 Å². The molecule has 2 rings (SSSR count). The molecule has 1 aromatic carbocycles. The maximum absolute atomic E-state index is 4.29. The second-order valence-electron chi connectivity index (χ2n) is 3.44. The topological polar surface area (TPSA) is 12.9 Å². The molecule has 2 radical (unpaired) electrons. The minimum absolute atomic E-state index is 0. The Balaban J connectivity index is 0.00000112. The van der Waals surface area contributed by atoms with Crippen molar-refractivity contribution in [2.75, 3.05) is 0 Å². The summed E-state index contributed by atoms with van der Waals surface area (Å²) in [6, 6.07) is 10.9. The second-order valence-corrected chi connectivity index (χ2v) is 4.47. The van der Waals surface area contributed by atoms with Gasteiger partial charge in [0.15, 0.2) is 0 Å². The zero-order valence-corrected chi connectivity index (χ0v) is 15.9. The third kappa shape index (κ3) is 4.38. The van der Waals surface area contributed by atoms with E-state index < -0.39 is 0 Å². The zero-order valence-electron chi connectivity index (χ0n) is 9.40. The van der Waals surface area contributed by atoms with Gasteiger partial charge in [0, 0.05) is 65.4 Å². The smallest absolute Gasteiger partial charge is 0 e. The van der Waals surface area contributed by atoms with Crippen molar-refractivity contribution in [3.05, 3.63) is 41.4 Å². The van der Waals surface area contributed by atoms with Crippen LogP contribution in [0.15, 0.2) is 24.3 Å². The molecule has 0 unspecified atom stereocenters. The molecule has 0 aliphatic heterocycles. The minimum atomic E-state index is 0. The molecule has 0 spiro atoms. The van der Waals surface area contributed by atoms with E-state index in [2.05, 4.69) is 31.1 Å². The fraction of sp³-hybridized carbons (Fsp3) is 0.250. The molecular weight excluding hydrogens is 368 g/mol. The van der Waals surface area contributed by atoms with Crippen molar-refractivity contribution in [1.82, 2.24) is 4.98 Å². The van der Waals surface area contributed by atoms with Gasteiger partial charge in [-0.05, 0) is 5.92 Å². The summed E-state index contributed by atoms with van der Waals surface area (Å²) in [6.45, 7) is 4.32. The van der Waals surface area contributed by atoms with Gasteiger partial charge in [0.2, 0.25) is 0 Å². The summed E-state index contributed by atoms with van der Waals surface area (Å²) in [7, 11) is 0. The summed E-state index contributed by atoms with van der Waals surface area (Å²) in [5.41, 5.74) is 1.15.